The van der Waals surface area contributed by atoms with Crippen molar-refractivity contribution < 1.29 is 0 Å². The molecule has 6 heteroatoms. The number of azide groups is 1. The average Bonchev–Trinajstić information content (AvgIpc) is 2.48. The normalized spacial score (nSPS) is 9.38. The Morgan fingerprint density at radius 1 is 1.77 bits per heavy atom. The summed E-state index contributed by atoms with van der Waals surface area (Å²) in [5, 5.41) is 15.9. The van der Waals surface area contributed by atoms with Crippen molar-refractivity contribution in [2.24, 2.45) is 5.11 Å². The summed E-state index contributed by atoms with van der Waals surface area (Å²) >= 11 is 0. The first-order valence-corrected chi connectivity index (χ1v) is 3.73. The average molecular weight is 176 g/mol. The highest BCUT2D eigenvalue weighted by Gasteiger charge is 2.07. The first-order valence-electron chi connectivity index (χ1n) is 3.73. The molecule has 0 aromatic carbocycles. The van der Waals surface area contributed by atoms with E-state index in [1.807, 2.05) is 19.9 Å². The van der Waals surface area contributed by atoms with E-state index in [0.29, 0.717) is 5.56 Å². The van der Waals surface area contributed by atoms with E-state index in [4.69, 9.17) is 10.8 Å². The number of nitriles is 1. The lowest BCUT2D eigenvalue weighted by atomic mass is 10.3. The number of hydrogen-bond acceptors (Lipinski definition) is 3. The van der Waals surface area contributed by atoms with Gasteiger partial charge in [0.15, 0.2) is 5.82 Å². The molecule has 0 aliphatic rings. The Morgan fingerprint density at radius 2 is 2.46 bits per heavy atom. The predicted octanol–water partition coefficient (Wildman–Crippen LogP) is 2.28. The van der Waals surface area contributed by atoms with Crippen LogP contribution >= 0.6 is 0 Å². The third-order valence-electron chi connectivity index (χ3n) is 1.50. The summed E-state index contributed by atoms with van der Waals surface area (Å²) in [5.74, 6) is 0.138. The molecule has 0 saturated heterocycles. The van der Waals surface area contributed by atoms with Gasteiger partial charge in [0.1, 0.15) is 6.07 Å². The Labute approximate surface area is 75.0 Å². The van der Waals surface area contributed by atoms with Crippen LogP contribution in [0.1, 0.15) is 25.5 Å². The fraction of sp³-hybridized carbons (Fsp3) is 0.429. The quantitative estimate of drug-likeness (QED) is 0.393. The van der Waals surface area contributed by atoms with Gasteiger partial charge < -0.3 is 0 Å². The van der Waals surface area contributed by atoms with Crippen LogP contribution in [0.4, 0.5) is 5.82 Å². The van der Waals surface area contributed by atoms with Crippen molar-refractivity contribution in [3.05, 3.63) is 22.2 Å². The summed E-state index contributed by atoms with van der Waals surface area (Å²) in [6.45, 7) is 3.85. The Morgan fingerprint density at radius 3 is 2.92 bits per heavy atom. The lowest BCUT2D eigenvalue weighted by Gasteiger charge is -2.02. The van der Waals surface area contributed by atoms with Gasteiger partial charge in [-0.05, 0) is 24.5 Å². The minimum absolute atomic E-state index is 0.138. The molecule has 0 aliphatic heterocycles. The van der Waals surface area contributed by atoms with Gasteiger partial charge >= 0.3 is 0 Å². The van der Waals surface area contributed by atoms with Crippen LogP contribution in [-0.4, -0.2) is 9.78 Å². The van der Waals surface area contributed by atoms with Gasteiger partial charge in [0.25, 0.3) is 0 Å². The zero-order valence-corrected chi connectivity index (χ0v) is 7.34. The van der Waals surface area contributed by atoms with Crippen molar-refractivity contribution in [2.45, 2.75) is 19.9 Å². The van der Waals surface area contributed by atoms with Crippen molar-refractivity contribution in [1.29, 1.82) is 5.26 Å². The largest absolute Gasteiger partial charge is 0.268 e. The van der Waals surface area contributed by atoms with Gasteiger partial charge in [0, 0.05) is 17.2 Å². The van der Waals surface area contributed by atoms with Crippen LogP contribution in [0.2, 0.25) is 0 Å². The molecule has 0 aliphatic carbocycles. The summed E-state index contributed by atoms with van der Waals surface area (Å²) in [6, 6.07) is 2.06. The summed E-state index contributed by atoms with van der Waals surface area (Å²) in [6.07, 6.45) is 1.56. The van der Waals surface area contributed by atoms with Crippen LogP contribution in [0.25, 0.3) is 10.4 Å². The molecule has 0 radical (unpaired) electrons. The Hall–Kier alpha value is -1.99. The van der Waals surface area contributed by atoms with Crippen molar-refractivity contribution in [3.63, 3.8) is 0 Å². The Bertz CT molecular complexity index is 390. The molecule has 0 unspecified atom stereocenters. The molecule has 0 atom stereocenters. The standard InChI is InChI=1S/C7H8N6/c1-5(2)13-4-6(3-8)7(11-13)10-12-9/h4-5H,1-2H3. The van der Waals surface area contributed by atoms with E-state index in [-0.39, 0.29) is 11.9 Å². The maximum atomic E-state index is 8.65. The second kappa shape index (κ2) is 3.61. The summed E-state index contributed by atoms with van der Waals surface area (Å²) < 4.78 is 1.59. The fourth-order valence-electron chi connectivity index (χ4n) is 0.842. The number of rotatable bonds is 2. The van der Waals surface area contributed by atoms with Gasteiger partial charge in [0.05, 0.1) is 5.56 Å². The first kappa shape index (κ1) is 9.10. The molecule has 0 saturated carbocycles. The van der Waals surface area contributed by atoms with Gasteiger partial charge in [-0.15, -0.1) is 0 Å². The minimum Gasteiger partial charge on any atom is -0.268 e. The molecule has 1 aromatic heterocycles. The number of aromatic nitrogens is 2. The lowest BCUT2D eigenvalue weighted by molar-refractivity contribution is 0.533. The summed E-state index contributed by atoms with van der Waals surface area (Å²) in [5.41, 5.74) is 8.48. The molecule has 1 heterocycles. The molecule has 66 valence electrons. The van der Waals surface area contributed by atoms with Gasteiger partial charge in [-0.25, -0.2) is 0 Å². The van der Waals surface area contributed by atoms with E-state index in [0.717, 1.165) is 0 Å². The van der Waals surface area contributed by atoms with Crippen molar-refractivity contribution in [2.75, 3.05) is 0 Å². The molecular formula is C7H8N6. The molecule has 0 fully saturated rings. The van der Waals surface area contributed by atoms with Gasteiger partial charge in [0.2, 0.25) is 0 Å². The van der Waals surface area contributed by atoms with Crippen LogP contribution in [0.3, 0.4) is 0 Å². The van der Waals surface area contributed by atoms with Crippen LogP contribution in [0, 0.1) is 11.3 Å². The van der Waals surface area contributed by atoms with E-state index in [1.54, 1.807) is 10.9 Å². The number of hydrogen-bond donors (Lipinski definition) is 0. The zero-order valence-electron chi connectivity index (χ0n) is 7.34. The second-order valence-electron chi connectivity index (χ2n) is 2.74. The van der Waals surface area contributed by atoms with E-state index < -0.39 is 0 Å². The van der Waals surface area contributed by atoms with E-state index in [9.17, 15) is 0 Å². The summed E-state index contributed by atoms with van der Waals surface area (Å²) in [7, 11) is 0. The third-order valence-corrected chi connectivity index (χ3v) is 1.50. The summed E-state index contributed by atoms with van der Waals surface area (Å²) in [4.78, 5) is 2.59. The molecule has 0 amide bonds. The molecule has 13 heavy (non-hydrogen) atoms. The maximum Gasteiger partial charge on any atom is 0.166 e. The van der Waals surface area contributed by atoms with Gasteiger partial charge in [-0.2, -0.15) is 10.4 Å². The molecule has 6 nitrogen and oxygen atoms in total. The second-order valence-corrected chi connectivity index (χ2v) is 2.74. The van der Waals surface area contributed by atoms with Crippen molar-refractivity contribution in [3.8, 4) is 6.07 Å². The highest BCUT2D eigenvalue weighted by Crippen LogP contribution is 2.17. The molecular weight excluding hydrogens is 168 g/mol. The maximum absolute atomic E-state index is 8.65. The SMILES string of the molecule is CC(C)n1cc(C#N)c(N=[N+]=[N-])n1. The monoisotopic (exact) mass is 176 g/mol. The minimum atomic E-state index is 0.138. The lowest BCUT2D eigenvalue weighted by Crippen LogP contribution is -1.99. The molecule has 0 spiro atoms. The van der Waals surface area contributed by atoms with E-state index in [2.05, 4.69) is 15.1 Å². The fourth-order valence-corrected chi connectivity index (χ4v) is 0.842. The molecule has 1 rings (SSSR count). The van der Waals surface area contributed by atoms with Crippen LogP contribution < -0.4 is 0 Å². The van der Waals surface area contributed by atoms with Crippen LogP contribution in [0.5, 0.6) is 0 Å². The van der Waals surface area contributed by atoms with Crippen molar-refractivity contribution in [1.82, 2.24) is 9.78 Å². The van der Waals surface area contributed by atoms with Crippen molar-refractivity contribution >= 4 is 5.82 Å². The Kier molecular flexibility index (Phi) is 2.52. The van der Waals surface area contributed by atoms with Gasteiger partial charge in [-0.3, -0.25) is 4.68 Å². The van der Waals surface area contributed by atoms with E-state index >= 15 is 0 Å². The molecule has 0 N–H and O–H groups in total. The van der Waals surface area contributed by atoms with Gasteiger partial charge in [-0.1, -0.05) is 0 Å². The zero-order chi connectivity index (χ0) is 9.84. The van der Waals surface area contributed by atoms with E-state index in [1.165, 1.54) is 0 Å². The Balaban J connectivity index is 3.21. The smallest absolute Gasteiger partial charge is 0.166 e. The third kappa shape index (κ3) is 1.78. The topological polar surface area (TPSA) is 90.4 Å². The highest BCUT2D eigenvalue weighted by atomic mass is 15.3. The predicted molar refractivity (Wildman–Crippen MR) is 46.1 cm³/mol. The molecule has 0 bridgehead atoms. The molecule has 1 aromatic rings. The van der Waals surface area contributed by atoms with Crippen LogP contribution in [0.15, 0.2) is 11.3 Å². The number of nitrogens with zero attached hydrogens (tertiary/aromatic N) is 6. The highest BCUT2D eigenvalue weighted by molar-refractivity contribution is 5.45. The first-order chi connectivity index (χ1) is 6.19. The van der Waals surface area contributed by atoms with Crippen LogP contribution in [-0.2, 0) is 0 Å².